The largest absolute Gasteiger partial charge is 0.440 e. The van der Waals surface area contributed by atoms with E-state index in [2.05, 4.69) is 4.74 Å². The van der Waals surface area contributed by atoms with Gasteiger partial charge in [0, 0.05) is 7.05 Å². The number of alkyl halides is 3. The summed E-state index contributed by atoms with van der Waals surface area (Å²) >= 11 is 0. The van der Waals surface area contributed by atoms with Crippen molar-refractivity contribution in [3.05, 3.63) is 0 Å². The van der Waals surface area contributed by atoms with Gasteiger partial charge in [-0.05, 0) is 5.92 Å². The normalized spacial score (nSPS) is 13.1. The molecule has 0 spiro atoms. The van der Waals surface area contributed by atoms with E-state index in [1.54, 1.807) is 13.8 Å². The second-order valence-electron chi connectivity index (χ2n) is 3.60. The monoisotopic (exact) mass is 238 g/mol. The Morgan fingerprint density at radius 2 is 2.00 bits per heavy atom. The summed E-state index contributed by atoms with van der Waals surface area (Å²) in [5.74, 6) is -0.187. The van der Waals surface area contributed by atoms with Crippen molar-refractivity contribution in [3.63, 3.8) is 0 Å². The predicted octanol–water partition coefficient (Wildman–Crippen LogP) is 2.17. The first-order valence-corrected chi connectivity index (χ1v) is 4.55. The summed E-state index contributed by atoms with van der Waals surface area (Å²) in [4.78, 5) is 12.0. The van der Waals surface area contributed by atoms with Gasteiger partial charge in [0.25, 0.3) is 0 Å². The summed E-state index contributed by atoms with van der Waals surface area (Å²) in [6.45, 7) is 1.72. The molecule has 0 saturated carbocycles. The number of rotatable bonds is 3. The summed E-state index contributed by atoms with van der Waals surface area (Å²) in [5, 5.41) is 8.72. The smallest absolute Gasteiger partial charge is 0.422 e. The van der Waals surface area contributed by atoms with Gasteiger partial charge in [-0.25, -0.2) is 4.79 Å². The van der Waals surface area contributed by atoms with Crippen LogP contribution >= 0.6 is 0 Å². The Labute approximate surface area is 91.6 Å². The van der Waals surface area contributed by atoms with Crippen LogP contribution in [0.5, 0.6) is 0 Å². The van der Waals surface area contributed by atoms with Crippen LogP contribution in [0.4, 0.5) is 18.0 Å². The Kier molecular flexibility index (Phi) is 5.08. The molecular weight excluding hydrogens is 225 g/mol. The van der Waals surface area contributed by atoms with Crippen molar-refractivity contribution in [2.75, 3.05) is 13.7 Å². The third-order valence-corrected chi connectivity index (χ3v) is 1.83. The first-order valence-electron chi connectivity index (χ1n) is 4.55. The van der Waals surface area contributed by atoms with Crippen molar-refractivity contribution >= 4 is 6.09 Å². The molecule has 0 heterocycles. The third-order valence-electron chi connectivity index (χ3n) is 1.83. The Hall–Kier alpha value is -1.45. The molecule has 0 aromatic carbocycles. The van der Waals surface area contributed by atoms with E-state index in [1.165, 1.54) is 7.05 Å². The molecule has 0 aromatic rings. The number of carbonyl (C=O) groups excluding carboxylic acids is 1. The molecule has 4 nitrogen and oxygen atoms in total. The first-order chi connectivity index (χ1) is 7.19. The average molecular weight is 238 g/mol. The van der Waals surface area contributed by atoms with Crippen LogP contribution in [0, 0.1) is 17.2 Å². The van der Waals surface area contributed by atoms with Crippen molar-refractivity contribution in [3.8, 4) is 6.07 Å². The summed E-state index contributed by atoms with van der Waals surface area (Å²) in [7, 11) is 1.23. The fourth-order valence-corrected chi connectivity index (χ4v) is 1.04. The van der Waals surface area contributed by atoms with Gasteiger partial charge in [0.2, 0.25) is 0 Å². The highest BCUT2D eigenvalue weighted by molar-refractivity contribution is 5.68. The molecule has 0 aliphatic heterocycles. The SMILES string of the molecule is CC(C)C(C#N)N(C)C(=O)OCC(F)(F)F. The summed E-state index contributed by atoms with van der Waals surface area (Å²) in [6.07, 6.45) is -5.71. The molecule has 1 atom stereocenters. The maximum atomic E-state index is 11.8. The lowest BCUT2D eigenvalue weighted by molar-refractivity contribution is -0.162. The number of halogens is 3. The molecule has 16 heavy (non-hydrogen) atoms. The Bertz CT molecular complexity index is 283. The highest BCUT2D eigenvalue weighted by Crippen LogP contribution is 2.16. The van der Waals surface area contributed by atoms with Crippen LogP contribution in [0.1, 0.15) is 13.8 Å². The molecule has 0 rings (SSSR count). The van der Waals surface area contributed by atoms with Crippen molar-refractivity contribution in [2.45, 2.75) is 26.1 Å². The van der Waals surface area contributed by atoms with Gasteiger partial charge in [0.05, 0.1) is 6.07 Å². The molecule has 92 valence electrons. The van der Waals surface area contributed by atoms with Crippen LogP contribution in [0.2, 0.25) is 0 Å². The number of nitriles is 1. The summed E-state index contributed by atoms with van der Waals surface area (Å²) < 4.78 is 39.3. The maximum absolute atomic E-state index is 11.8. The second-order valence-corrected chi connectivity index (χ2v) is 3.60. The maximum Gasteiger partial charge on any atom is 0.422 e. The Morgan fingerprint density at radius 1 is 1.50 bits per heavy atom. The van der Waals surface area contributed by atoms with E-state index in [0.717, 1.165) is 4.90 Å². The summed E-state index contributed by atoms with van der Waals surface area (Å²) in [6, 6.07) is 1.02. The van der Waals surface area contributed by atoms with E-state index in [0.29, 0.717) is 0 Å². The minimum atomic E-state index is -4.56. The van der Waals surface area contributed by atoms with Crippen LogP contribution in [0.15, 0.2) is 0 Å². The molecule has 0 bridgehead atoms. The summed E-state index contributed by atoms with van der Waals surface area (Å²) in [5.41, 5.74) is 0. The lowest BCUT2D eigenvalue weighted by Gasteiger charge is -2.24. The molecule has 1 unspecified atom stereocenters. The van der Waals surface area contributed by atoms with Gasteiger partial charge < -0.3 is 4.74 Å². The fraction of sp³-hybridized carbons (Fsp3) is 0.778. The van der Waals surface area contributed by atoms with Crippen LogP contribution in [-0.4, -0.2) is 36.9 Å². The zero-order valence-electron chi connectivity index (χ0n) is 9.21. The molecule has 0 aliphatic carbocycles. The zero-order valence-corrected chi connectivity index (χ0v) is 9.21. The fourth-order valence-electron chi connectivity index (χ4n) is 1.04. The molecule has 0 fully saturated rings. The van der Waals surface area contributed by atoms with Gasteiger partial charge in [0.1, 0.15) is 6.04 Å². The van der Waals surface area contributed by atoms with E-state index >= 15 is 0 Å². The first kappa shape index (κ1) is 14.6. The average Bonchev–Trinajstić information content (AvgIpc) is 2.13. The quantitative estimate of drug-likeness (QED) is 0.757. The van der Waals surface area contributed by atoms with Gasteiger partial charge in [0.15, 0.2) is 6.61 Å². The van der Waals surface area contributed by atoms with E-state index < -0.39 is 24.9 Å². The van der Waals surface area contributed by atoms with E-state index in [-0.39, 0.29) is 5.92 Å². The van der Waals surface area contributed by atoms with E-state index in [1.807, 2.05) is 6.07 Å². The number of nitrogens with zero attached hydrogens (tertiary/aromatic N) is 2. The minimum Gasteiger partial charge on any atom is -0.440 e. The number of hydrogen-bond acceptors (Lipinski definition) is 3. The lowest BCUT2D eigenvalue weighted by atomic mass is 10.1. The van der Waals surface area contributed by atoms with Gasteiger partial charge in [-0.15, -0.1) is 0 Å². The number of amides is 1. The van der Waals surface area contributed by atoms with Gasteiger partial charge in [-0.1, -0.05) is 13.8 Å². The van der Waals surface area contributed by atoms with Crippen LogP contribution in [0.25, 0.3) is 0 Å². The van der Waals surface area contributed by atoms with Gasteiger partial charge in [-0.3, -0.25) is 4.90 Å². The third kappa shape index (κ3) is 4.87. The Balaban J connectivity index is 4.34. The number of hydrogen-bond donors (Lipinski definition) is 0. The van der Waals surface area contributed by atoms with Crippen molar-refractivity contribution in [1.82, 2.24) is 4.90 Å². The molecule has 0 aliphatic rings. The zero-order chi connectivity index (χ0) is 12.9. The van der Waals surface area contributed by atoms with Gasteiger partial charge in [-0.2, -0.15) is 18.4 Å². The number of carbonyl (C=O) groups is 1. The molecular formula is C9H13F3N2O2. The van der Waals surface area contributed by atoms with Gasteiger partial charge >= 0.3 is 12.3 Å². The van der Waals surface area contributed by atoms with E-state index in [9.17, 15) is 18.0 Å². The second kappa shape index (κ2) is 5.58. The lowest BCUT2D eigenvalue weighted by Crippen LogP contribution is -2.40. The standard InChI is InChI=1S/C9H13F3N2O2/c1-6(2)7(4-13)14(3)8(15)16-5-9(10,11)12/h6-7H,5H2,1-3H3. The highest BCUT2D eigenvalue weighted by atomic mass is 19.4. The highest BCUT2D eigenvalue weighted by Gasteiger charge is 2.32. The van der Waals surface area contributed by atoms with Crippen molar-refractivity contribution in [1.29, 1.82) is 5.26 Å². The minimum absolute atomic E-state index is 0.187. The Morgan fingerprint density at radius 3 is 2.31 bits per heavy atom. The molecule has 7 heteroatoms. The van der Waals surface area contributed by atoms with Crippen molar-refractivity contribution < 1.29 is 22.7 Å². The van der Waals surface area contributed by atoms with E-state index in [4.69, 9.17) is 5.26 Å². The van der Waals surface area contributed by atoms with Crippen LogP contribution in [-0.2, 0) is 4.74 Å². The molecule has 0 saturated heterocycles. The predicted molar refractivity (Wildman–Crippen MR) is 49.4 cm³/mol. The molecule has 0 N–H and O–H groups in total. The van der Waals surface area contributed by atoms with Crippen LogP contribution in [0.3, 0.4) is 0 Å². The molecule has 0 aromatic heterocycles. The van der Waals surface area contributed by atoms with Crippen LogP contribution < -0.4 is 0 Å². The molecule has 0 radical (unpaired) electrons. The topological polar surface area (TPSA) is 53.3 Å². The van der Waals surface area contributed by atoms with Crippen molar-refractivity contribution in [2.24, 2.45) is 5.92 Å². The molecule has 1 amide bonds. The number of ether oxygens (including phenoxy) is 1.